The van der Waals surface area contributed by atoms with E-state index < -0.39 is 30.0 Å². The molecule has 1 aliphatic heterocycles. The summed E-state index contributed by atoms with van der Waals surface area (Å²) < 4.78 is 50.5. The Morgan fingerprint density at radius 2 is 1.91 bits per heavy atom. The van der Waals surface area contributed by atoms with Gasteiger partial charge in [-0.3, -0.25) is 9.36 Å². The molecule has 2 aromatic carbocycles. The van der Waals surface area contributed by atoms with E-state index in [2.05, 4.69) is 9.73 Å². The molecule has 1 unspecified atom stereocenters. The quantitative estimate of drug-likeness (QED) is 0.498. The van der Waals surface area contributed by atoms with Gasteiger partial charge in [-0.2, -0.15) is 8.78 Å². The second kappa shape index (κ2) is 9.68. The number of carbonyl (C=O) groups is 1. The smallest absolute Gasteiger partial charge is 0.387 e. The molecule has 0 spiro atoms. The van der Waals surface area contributed by atoms with Gasteiger partial charge in [0.15, 0.2) is 4.80 Å². The summed E-state index contributed by atoms with van der Waals surface area (Å²) in [6.45, 7) is 0.390. The number of ether oxygens (including phenoxy) is 2. The molecule has 34 heavy (non-hydrogen) atoms. The summed E-state index contributed by atoms with van der Waals surface area (Å²) in [5.41, 5.74) is 0.815. The average molecular weight is 488 g/mol. The first-order valence-corrected chi connectivity index (χ1v) is 11.1. The summed E-state index contributed by atoms with van der Waals surface area (Å²) in [6.07, 6.45) is 1.44. The minimum Gasteiger partial charge on any atom is -0.463 e. The number of fused-ring (bicyclic) bond motifs is 1. The molecule has 0 saturated heterocycles. The van der Waals surface area contributed by atoms with Crippen LogP contribution in [0.2, 0.25) is 0 Å². The Labute approximate surface area is 195 Å². The highest BCUT2D eigenvalue weighted by Crippen LogP contribution is 2.31. The molecule has 0 fully saturated rings. The van der Waals surface area contributed by atoms with Crippen molar-refractivity contribution in [2.75, 3.05) is 6.61 Å². The fourth-order valence-corrected chi connectivity index (χ4v) is 4.73. The van der Waals surface area contributed by atoms with Gasteiger partial charge in [-0.25, -0.2) is 14.2 Å². The fourth-order valence-electron chi connectivity index (χ4n) is 3.70. The van der Waals surface area contributed by atoms with Gasteiger partial charge in [0.25, 0.3) is 5.56 Å². The van der Waals surface area contributed by atoms with Crippen LogP contribution in [0.1, 0.15) is 31.0 Å². The number of halogens is 3. The average Bonchev–Trinajstić information content (AvgIpc) is 3.09. The van der Waals surface area contributed by atoms with Crippen LogP contribution in [0.4, 0.5) is 13.2 Å². The molecule has 0 amide bonds. The number of para-hydroxylation sites is 1. The number of rotatable bonds is 6. The molecule has 0 aliphatic carbocycles. The maximum absolute atomic E-state index is 13.6. The van der Waals surface area contributed by atoms with Crippen molar-refractivity contribution in [3.8, 4) is 5.75 Å². The number of hydrogen-bond acceptors (Lipinski definition) is 6. The molecule has 0 bridgehead atoms. The predicted octanol–water partition coefficient (Wildman–Crippen LogP) is 3.54. The van der Waals surface area contributed by atoms with Gasteiger partial charge >= 0.3 is 12.6 Å². The van der Waals surface area contributed by atoms with Crippen molar-refractivity contribution in [1.29, 1.82) is 0 Å². The summed E-state index contributed by atoms with van der Waals surface area (Å²) >= 11 is 1.04. The molecular formula is C24H19F3N2O4S. The Morgan fingerprint density at radius 1 is 1.21 bits per heavy atom. The van der Waals surface area contributed by atoms with E-state index in [9.17, 15) is 22.8 Å². The summed E-state index contributed by atoms with van der Waals surface area (Å²) in [4.78, 5) is 31.0. The molecule has 0 radical (unpaired) electrons. The van der Waals surface area contributed by atoms with Crippen molar-refractivity contribution < 1.29 is 27.4 Å². The lowest BCUT2D eigenvalue weighted by molar-refractivity contribution is -0.139. The van der Waals surface area contributed by atoms with Crippen molar-refractivity contribution in [3.63, 3.8) is 0 Å². The zero-order chi connectivity index (χ0) is 24.4. The van der Waals surface area contributed by atoms with Crippen molar-refractivity contribution >= 4 is 23.4 Å². The van der Waals surface area contributed by atoms with Gasteiger partial charge in [0, 0.05) is 5.56 Å². The van der Waals surface area contributed by atoms with E-state index in [-0.39, 0.29) is 28.0 Å². The Morgan fingerprint density at radius 3 is 2.59 bits per heavy atom. The number of esters is 1. The van der Waals surface area contributed by atoms with E-state index in [1.165, 1.54) is 41.0 Å². The van der Waals surface area contributed by atoms with Crippen LogP contribution in [0.5, 0.6) is 5.75 Å². The van der Waals surface area contributed by atoms with Gasteiger partial charge in [-0.1, -0.05) is 41.7 Å². The summed E-state index contributed by atoms with van der Waals surface area (Å²) in [5.74, 6) is -1.19. The Bertz CT molecular complexity index is 1440. The third kappa shape index (κ3) is 4.54. The molecule has 0 saturated carbocycles. The van der Waals surface area contributed by atoms with Gasteiger partial charge in [0.1, 0.15) is 11.6 Å². The summed E-state index contributed by atoms with van der Waals surface area (Å²) in [5, 5.41) is 0. The van der Waals surface area contributed by atoms with Gasteiger partial charge in [-0.15, -0.1) is 0 Å². The van der Waals surface area contributed by atoms with Gasteiger partial charge < -0.3 is 9.47 Å². The second-order valence-electron chi connectivity index (χ2n) is 7.27. The summed E-state index contributed by atoms with van der Waals surface area (Å²) in [7, 11) is 0. The molecule has 0 N–H and O–H groups in total. The predicted molar refractivity (Wildman–Crippen MR) is 120 cm³/mol. The maximum Gasteiger partial charge on any atom is 0.387 e. The molecule has 10 heteroatoms. The van der Waals surface area contributed by atoms with Crippen molar-refractivity contribution in [2.24, 2.45) is 4.99 Å². The summed E-state index contributed by atoms with van der Waals surface area (Å²) in [6, 6.07) is 10.6. The highest BCUT2D eigenvalue weighted by atomic mass is 32.1. The maximum atomic E-state index is 13.6. The number of allylic oxidation sites excluding steroid dienone is 1. The van der Waals surface area contributed by atoms with Crippen LogP contribution in [-0.4, -0.2) is 23.8 Å². The van der Waals surface area contributed by atoms with E-state index >= 15 is 0 Å². The van der Waals surface area contributed by atoms with E-state index in [0.717, 1.165) is 11.3 Å². The van der Waals surface area contributed by atoms with E-state index in [1.54, 1.807) is 32.0 Å². The molecule has 2 heterocycles. The topological polar surface area (TPSA) is 69.9 Å². The molecule has 1 atom stereocenters. The number of hydrogen-bond donors (Lipinski definition) is 0. The van der Waals surface area contributed by atoms with Crippen LogP contribution in [0.3, 0.4) is 0 Å². The van der Waals surface area contributed by atoms with Crippen LogP contribution in [-0.2, 0) is 9.53 Å². The number of alkyl halides is 2. The largest absolute Gasteiger partial charge is 0.463 e. The molecule has 176 valence electrons. The minimum absolute atomic E-state index is 0.0817. The van der Waals surface area contributed by atoms with Gasteiger partial charge in [0.05, 0.1) is 28.5 Å². The molecule has 1 aliphatic rings. The molecule has 6 nitrogen and oxygen atoms in total. The van der Waals surface area contributed by atoms with E-state index in [0.29, 0.717) is 16.1 Å². The standard InChI is InChI=1S/C24H19F3N2O4S/c1-3-32-22(31)19-13(2)28-24-29(20(19)14-8-10-16(25)11-9-14)21(30)18(34-24)12-15-6-4-5-7-17(15)33-23(26)27/h4-12,20,23H,3H2,1-2H3/b18-12+. The van der Waals surface area contributed by atoms with Gasteiger partial charge in [0.2, 0.25) is 0 Å². The van der Waals surface area contributed by atoms with Crippen LogP contribution in [0.15, 0.2) is 69.6 Å². The van der Waals surface area contributed by atoms with Crippen LogP contribution >= 0.6 is 11.3 Å². The zero-order valence-electron chi connectivity index (χ0n) is 18.1. The molecule has 4 rings (SSSR count). The first-order valence-electron chi connectivity index (χ1n) is 10.3. The van der Waals surface area contributed by atoms with Gasteiger partial charge in [-0.05, 0) is 43.7 Å². The molecule has 1 aromatic heterocycles. The lowest BCUT2D eigenvalue weighted by atomic mass is 9.96. The lowest BCUT2D eigenvalue weighted by Crippen LogP contribution is -2.39. The van der Waals surface area contributed by atoms with Crippen molar-refractivity contribution in [3.05, 3.63) is 96.4 Å². The SMILES string of the molecule is CCOC(=O)C1=C(C)N=c2s/c(=C/c3ccccc3OC(F)F)c(=O)n2C1c1ccc(F)cc1. The number of aromatic nitrogens is 1. The second-order valence-corrected chi connectivity index (χ2v) is 8.28. The number of benzene rings is 2. The highest BCUT2D eigenvalue weighted by molar-refractivity contribution is 7.07. The third-order valence-electron chi connectivity index (χ3n) is 5.12. The normalized spacial score (nSPS) is 15.8. The number of thiazole rings is 1. The van der Waals surface area contributed by atoms with Crippen LogP contribution < -0.4 is 19.6 Å². The number of nitrogens with zero attached hydrogens (tertiary/aromatic N) is 2. The third-order valence-corrected chi connectivity index (χ3v) is 6.11. The molecular weight excluding hydrogens is 469 g/mol. The van der Waals surface area contributed by atoms with Crippen LogP contribution in [0, 0.1) is 5.82 Å². The Kier molecular flexibility index (Phi) is 6.69. The van der Waals surface area contributed by atoms with Crippen molar-refractivity contribution in [1.82, 2.24) is 4.57 Å². The minimum atomic E-state index is -3.02. The highest BCUT2D eigenvalue weighted by Gasteiger charge is 2.33. The zero-order valence-corrected chi connectivity index (χ0v) is 18.9. The molecule has 3 aromatic rings. The fraction of sp³-hybridized carbons (Fsp3) is 0.208. The lowest BCUT2D eigenvalue weighted by Gasteiger charge is -2.24. The monoisotopic (exact) mass is 488 g/mol. The van der Waals surface area contributed by atoms with E-state index in [1.807, 2.05) is 0 Å². The van der Waals surface area contributed by atoms with Crippen LogP contribution in [0.25, 0.3) is 6.08 Å². The Hall–Kier alpha value is -3.66. The van der Waals surface area contributed by atoms with Crippen molar-refractivity contribution in [2.45, 2.75) is 26.5 Å². The first-order chi connectivity index (χ1) is 16.3. The Balaban J connectivity index is 1.93. The number of carbonyl (C=O) groups excluding carboxylic acids is 1. The first kappa shape index (κ1) is 23.5. The van der Waals surface area contributed by atoms with E-state index in [4.69, 9.17) is 4.74 Å².